The first kappa shape index (κ1) is 19.5. The van der Waals surface area contributed by atoms with Gasteiger partial charge >= 0.3 is 0 Å². The average molecular weight is 429 g/mol. The van der Waals surface area contributed by atoms with Crippen LogP contribution in [0.5, 0.6) is 0 Å². The Kier molecular flexibility index (Phi) is 5.86. The Balaban J connectivity index is 1.28. The number of fused-ring (bicyclic) bond motifs is 1. The van der Waals surface area contributed by atoms with Crippen molar-refractivity contribution in [3.8, 4) is 0 Å². The van der Waals surface area contributed by atoms with Crippen molar-refractivity contribution >= 4 is 44.9 Å². The van der Waals surface area contributed by atoms with Crippen LogP contribution in [0.25, 0.3) is 10.2 Å². The maximum absolute atomic E-state index is 13.3. The summed E-state index contributed by atoms with van der Waals surface area (Å²) in [6, 6.07) is 12.3. The number of para-hydroxylation sites is 1. The van der Waals surface area contributed by atoms with Crippen LogP contribution in [0.1, 0.15) is 23.7 Å². The molecule has 0 atom stereocenters. The van der Waals surface area contributed by atoms with Gasteiger partial charge in [0.15, 0.2) is 10.2 Å². The minimum atomic E-state index is -0.391. The zero-order chi connectivity index (χ0) is 20.2. The Bertz CT molecular complexity index is 1130. The Morgan fingerprint density at radius 2 is 2.10 bits per heavy atom. The van der Waals surface area contributed by atoms with E-state index in [1.165, 1.54) is 12.1 Å². The summed E-state index contributed by atoms with van der Waals surface area (Å²) in [6.45, 7) is 1.81. The zero-order valence-corrected chi connectivity index (χ0v) is 17.1. The van der Waals surface area contributed by atoms with Gasteiger partial charge in [-0.1, -0.05) is 35.1 Å². The van der Waals surface area contributed by atoms with Crippen molar-refractivity contribution < 1.29 is 13.7 Å². The van der Waals surface area contributed by atoms with Crippen molar-refractivity contribution in [2.45, 2.75) is 29.9 Å². The summed E-state index contributed by atoms with van der Waals surface area (Å²) in [7, 11) is 0. The average Bonchev–Trinajstić information content (AvgIpc) is 3.34. The quantitative estimate of drug-likeness (QED) is 0.418. The fraction of sp³-hybridized carbons (Fsp3) is 0.200. The summed E-state index contributed by atoms with van der Waals surface area (Å²) >= 11 is 3.18. The molecule has 29 heavy (non-hydrogen) atoms. The molecule has 0 saturated heterocycles. The third-order valence-electron chi connectivity index (χ3n) is 4.15. The monoisotopic (exact) mass is 428 g/mol. The number of benzene rings is 2. The standard InChI is InChI=1S/C20H17FN4O2S2/c1-12-6-7-13(21)10-15(12)22-18(26)8-9-19-24-17(25-27-19)11-28-20-23-14-4-2-3-5-16(14)29-20/h2-7,10H,8-9,11H2,1H3,(H,22,26). The molecule has 4 rings (SSSR count). The molecule has 0 aliphatic heterocycles. The van der Waals surface area contributed by atoms with Crippen molar-refractivity contribution in [2.75, 3.05) is 5.32 Å². The molecule has 0 radical (unpaired) electrons. The number of halogens is 1. The molecule has 0 unspecified atom stereocenters. The zero-order valence-electron chi connectivity index (χ0n) is 15.5. The third-order valence-corrected chi connectivity index (χ3v) is 6.32. The van der Waals surface area contributed by atoms with Gasteiger partial charge in [-0.05, 0) is 36.8 Å². The van der Waals surface area contributed by atoms with E-state index < -0.39 is 5.82 Å². The Morgan fingerprint density at radius 1 is 1.24 bits per heavy atom. The molecule has 1 N–H and O–H groups in total. The number of nitrogens with one attached hydrogen (secondary N) is 1. The Labute approximate surface area is 174 Å². The van der Waals surface area contributed by atoms with Gasteiger partial charge in [-0.25, -0.2) is 9.37 Å². The van der Waals surface area contributed by atoms with Crippen LogP contribution in [-0.4, -0.2) is 21.0 Å². The number of rotatable bonds is 7. The number of hydrogen-bond donors (Lipinski definition) is 1. The highest BCUT2D eigenvalue weighted by molar-refractivity contribution is 8.00. The molecule has 2 heterocycles. The van der Waals surface area contributed by atoms with Gasteiger partial charge in [0.1, 0.15) is 5.82 Å². The van der Waals surface area contributed by atoms with E-state index in [2.05, 4.69) is 20.4 Å². The molecule has 2 aromatic heterocycles. The number of amides is 1. The largest absolute Gasteiger partial charge is 0.339 e. The molecule has 4 aromatic rings. The Hall–Kier alpha value is -2.78. The number of thioether (sulfide) groups is 1. The van der Waals surface area contributed by atoms with Gasteiger partial charge in [0.05, 0.1) is 16.0 Å². The number of nitrogens with zero attached hydrogens (tertiary/aromatic N) is 3. The van der Waals surface area contributed by atoms with Gasteiger partial charge in [0, 0.05) is 18.5 Å². The minimum Gasteiger partial charge on any atom is -0.339 e. The molecule has 0 fully saturated rings. The van der Waals surface area contributed by atoms with Gasteiger partial charge in [-0.2, -0.15) is 4.98 Å². The normalized spacial score (nSPS) is 11.1. The summed E-state index contributed by atoms with van der Waals surface area (Å²) in [5, 5.41) is 6.67. The lowest BCUT2D eigenvalue weighted by Gasteiger charge is -2.07. The second-order valence-electron chi connectivity index (χ2n) is 6.35. The number of anilines is 1. The van der Waals surface area contributed by atoms with Gasteiger partial charge < -0.3 is 9.84 Å². The smallest absolute Gasteiger partial charge is 0.227 e. The van der Waals surface area contributed by atoms with Crippen LogP contribution in [0.15, 0.2) is 51.3 Å². The van der Waals surface area contributed by atoms with Crippen LogP contribution in [0.3, 0.4) is 0 Å². The van der Waals surface area contributed by atoms with Gasteiger partial charge in [-0.15, -0.1) is 11.3 Å². The second-order valence-corrected chi connectivity index (χ2v) is 8.60. The van der Waals surface area contributed by atoms with Gasteiger partial charge in [-0.3, -0.25) is 4.79 Å². The molecule has 148 valence electrons. The second kappa shape index (κ2) is 8.71. The van der Waals surface area contributed by atoms with E-state index in [0.717, 1.165) is 20.1 Å². The van der Waals surface area contributed by atoms with Crippen LogP contribution in [-0.2, 0) is 17.0 Å². The fourth-order valence-electron chi connectivity index (χ4n) is 2.65. The molecule has 0 saturated carbocycles. The first-order chi connectivity index (χ1) is 14.1. The number of aryl methyl sites for hydroxylation is 2. The molecular formula is C20H17FN4O2S2. The highest BCUT2D eigenvalue weighted by Crippen LogP contribution is 2.30. The lowest BCUT2D eigenvalue weighted by Crippen LogP contribution is -2.13. The number of hydrogen-bond acceptors (Lipinski definition) is 7. The fourth-order valence-corrected chi connectivity index (χ4v) is 4.56. The van der Waals surface area contributed by atoms with E-state index in [4.69, 9.17) is 4.52 Å². The summed E-state index contributed by atoms with van der Waals surface area (Å²) in [5.41, 5.74) is 2.24. The number of carbonyl (C=O) groups excluding carboxylic acids is 1. The molecule has 0 aliphatic rings. The topological polar surface area (TPSA) is 80.9 Å². The minimum absolute atomic E-state index is 0.169. The maximum atomic E-state index is 13.3. The van der Waals surface area contributed by atoms with Crippen LogP contribution in [0.4, 0.5) is 10.1 Å². The lowest BCUT2D eigenvalue weighted by molar-refractivity contribution is -0.116. The van der Waals surface area contributed by atoms with Crippen LogP contribution in [0.2, 0.25) is 0 Å². The van der Waals surface area contributed by atoms with Gasteiger partial charge in [0.25, 0.3) is 0 Å². The van der Waals surface area contributed by atoms with E-state index in [9.17, 15) is 9.18 Å². The predicted octanol–water partition coefficient (Wildman–Crippen LogP) is 4.99. The molecule has 0 aliphatic carbocycles. The number of thiazole rings is 1. The summed E-state index contributed by atoms with van der Waals surface area (Å²) in [4.78, 5) is 21.0. The highest BCUT2D eigenvalue weighted by Gasteiger charge is 2.12. The predicted molar refractivity (Wildman–Crippen MR) is 112 cm³/mol. The van der Waals surface area contributed by atoms with Crippen LogP contribution >= 0.6 is 23.1 Å². The molecular weight excluding hydrogens is 411 g/mol. The number of aromatic nitrogens is 3. The van der Waals surface area contributed by atoms with Crippen molar-refractivity contribution in [1.29, 1.82) is 0 Å². The van der Waals surface area contributed by atoms with E-state index in [1.807, 2.05) is 31.2 Å². The molecule has 0 spiro atoms. The lowest BCUT2D eigenvalue weighted by atomic mass is 10.2. The van der Waals surface area contributed by atoms with Crippen LogP contribution in [0, 0.1) is 12.7 Å². The summed E-state index contributed by atoms with van der Waals surface area (Å²) in [6.07, 6.45) is 0.488. The van der Waals surface area contributed by atoms with E-state index in [-0.39, 0.29) is 12.3 Å². The summed E-state index contributed by atoms with van der Waals surface area (Å²) in [5.74, 6) is 0.875. The van der Waals surface area contributed by atoms with Gasteiger partial charge in [0.2, 0.25) is 11.8 Å². The maximum Gasteiger partial charge on any atom is 0.227 e. The molecule has 9 heteroatoms. The molecule has 1 amide bonds. The first-order valence-electron chi connectivity index (χ1n) is 8.92. The Morgan fingerprint density at radius 3 is 2.97 bits per heavy atom. The van der Waals surface area contributed by atoms with Crippen molar-refractivity contribution in [2.24, 2.45) is 0 Å². The van der Waals surface area contributed by atoms with Crippen molar-refractivity contribution in [3.05, 3.63) is 65.6 Å². The van der Waals surface area contributed by atoms with Crippen molar-refractivity contribution in [1.82, 2.24) is 15.1 Å². The van der Waals surface area contributed by atoms with Crippen LogP contribution < -0.4 is 5.32 Å². The third kappa shape index (κ3) is 4.99. The summed E-state index contributed by atoms with van der Waals surface area (Å²) < 4.78 is 20.6. The highest BCUT2D eigenvalue weighted by atomic mass is 32.2. The van der Waals surface area contributed by atoms with E-state index in [0.29, 0.717) is 29.6 Å². The van der Waals surface area contributed by atoms with E-state index >= 15 is 0 Å². The molecule has 2 aromatic carbocycles. The van der Waals surface area contributed by atoms with Crippen molar-refractivity contribution in [3.63, 3.8) is 0 Å². The van der Waals surface area contributed by atoms with E-state index in [1.54, 1.807) is 29.2 Å². The first-order valence-corrected chi connectivity index (χ1v) is 10.7. The number of carbonyl (C=O) groups is 1. The molecule has 6 nitrogen and oxygen atoms in total. The SMILES string of the molecule is Cc1ccc(F)cc1NC(=O)CCc1nc(CSc2nc3ccccc3s2)no1. The molecule has 0 bridgehead atoms.